The van der Waals surface area contributed by atoms with Crippen molar-refractivity contribution in [1.82, 2.24) is 14.7 Å². The van der Waals surface area contributed by atoms with Crippen LogP contribution in [0.3, 0.4) is 0 Å². The Kier molecular flexibility index (Phi) is 4.09. The molecule has 0 unspecified atom stereocenters. The molecule has 3 aliphatic rings. The normalized spacial score (nSPS) is 24.9. The number of amides is 4. The summed E-state index contributed by atoms with van der Waals surface area (Å²) in [6.07, 6.45) is 3.09. The first-order valence-electron chi connectivity index (χ1n) is 9.58. The molecule has 0 bridgehead atoms. The Morgan fingerprint density at radius 1 is 1.15 bits per heavy atom. The first kappa shape index (κ1) is 17.8. The fourth-order valence-corrected chi connectivity index (χ4v) is 3.84. The largest absolute Gasteiger partial charge is 0.332 e. The van der Waals surface area contributed by atoms with Gasteiger partial charge in [-0.1, -0.05) is 51.1 Å². The van der Waals surface area contributed by atoms with Crippen LogP contribution in [0.5, 0.6) is 0 Å². The Hall–Kier alpha value is -2.63. The standard InChI is InChI=1S/C21H25N3O3/c1-4-21(2,3)19(26)22-10-11-23-17(13-22)18(25)24(20(23)27)16-12-15(16)14-8-6-5-7-9-14/h5-9,13,15-16H,4,10-12H2,1-3H3/t15-,16+/m1/s1. The molecule has 2 atom stereocenters. The average Bonchev–Trinajstić information content (AvgIpc) is 3.43. The van der Waals surface area contributed by atoms with Crippen molar-refractivity contribution in [2.75, 3.05) is 13.1 Å². The van der Waals surface area contributed by atoms with Gasteiger partial charge in [0.2, 0.25) is 5.91 Å². The van der Waals surface area contributed by atoms with Crippen molar-refractivity contribution in [2.45, 2.75) is 45.6 Å². The Labute approximate surface area is 159 Å². The maximum Gasteiger partial charge on any atom is 0.332 e. The van der Waals surface area contributed by atoms with Crippen molar-refractivity contribution in [1.29, 1.82) is 0 Å². The predicted octanol–water partition coefficient (Wildman–Crippen LogP) is 2.93. The highest BCUT2D eigenvalue weighted by atomic mass is 16.2. The summed E-state index contributed by atoms with van der Waals surface area (Å²) in [7, 11) is 0. The molecule has 6 nitrogen and oxygen atoms in total. The Morgan fingerprint density at radius 2 is 1.85 bits per heavy atom. The minimum absolute atomic E-state index is 0.00978. The molecular formula is C21H25N3O3. The summed E-state index contributed by atoms with van der Waals surface area (Å²) in [6.45, 7) is 6.57. The van der Waals surface area contributed by atoms with Crippen LogP contribution in [0.25, 0.3) is 0 Å². The molecule has 1 saturated heterocycles. The number of imide groups is 1. The van der Waals surface area contributed by atoms with E-state index in [-0.39, 0.29) is 29.8 Å². The van der Waals surface area contributed by atoms with E-state index in [0.29, 0.717) is 18.8 Å². The van der Waals surface area contributed by atoms with Crippen LogP contribution in [0.1, 0.15) is 45.1 Å². The van der Waals surface area contributed by atoms with Crippen molar-refractivity contribution < 1.29 is 14.4 Å². The van der Waals surface area contributed by atoms with Gasteiger partial charge in [-0.3, -0.25) is 19.4 Å². The Balaban J connectivity index is 1.55. The summed E-state index contributed by atoms with van der Waals surface area (Å²) < 4.78 is 0. The van der Waals surface area contributed by atoms with E-state index in [2.05, 4.69) is 0 Å². The molecule has 27 heavy (non-hydrogen) atoms. The van der Waals surface area contributed by atoms with Gasteiger partial charge in [0.25, 0.3) is 5.91 Å². The topological polar surface area (TPSA) is 60.9 Å². The lowest BCUT2D eigenvalue weighted by atomic mass is 9.88. The SMILES string of the molecule is CCC(C)(C)C(=O)N1C=C2C(=O)N([C@H]3C[C@@H]3c3ccccc3)C(=O)N2CC1. The molecule has 2 aliphatic heterocycles. The third-order valence-electron chi connectivity index (χ3n) is 6.05. The van der Waals surface area contributed by atoms with Gasteiger partial charge in [0, 0.05) is 36.7 Å². The van der Waals surface area contributed by atoms with Crippen LogP contribution in [0, 0.1) is 5.41 Å². The van der Waals surface area contributed by atoms with Gasteiger partial charge in [-0.25, -0.2) is 4.79 Å². The van der Waals surface area contributed by atoms with Crippen LogP contribution in [-0.4, -0.2) is 51.7 Å². The molecular weight excluding hydrogens is 342 g/mol. The maximum absolute atomic E-state index is 13.0. The lowest BCUT2D eigenvalue weighted by molar-refractivity contribution is -0.138. The molecule has 0 aromatic heterocycles. The van der Waals surface area contributed by atoms with Gasteiger partial charge in [0.1, 0.15) is 5.70 Å². The fourth-order valence-electron chi connectivity index (χ4n) is 3.84. The number of hydrogen-bond acceptors (Lipinski definition) is 3. The smallest absolute Gasteiger partial charge is 0.315 e. The van der Waals surface area contributed by atoms with E-state index in [9.17, 15) is 14.4 Å². The maximum atomic E-state index is 13.0. The number of hydrogen-bond donors (Lipinski definition) is 0. The van der Waals surface area contributed by atoms with Crippen molar-refractivity contribution in [3.8, 4) is 0 Å². The van der Waals surface area contributed by atoms with Crippen molar-refractivity contribution in [2.24, 2.45) is 5.41 Å². The van der Waals surface area contributed by atoms with Gasteiger partial charge >= 0.3 is 6.03 Å². The second-order valence-electron chi connectivity index (χ2n) is 8.18. The van der Waals surface area contributed by atoms with Crippen molar-refractivity contribution in [3.05, 3.63) is 47.8 Å². The molecule has 1 aromatic rings. The second kappa shape index (κ2) is 6.22. The molecule has 6 heteroatoms. The van der Waals surface area contributed by atoms with Crippen LogP contribution >= 0.6 is 0 Å². The Morgan fingerprint density at radius 3 is 2.52 bits per heavy atom. The minimum Gasteiger partial charge on any atom is -0.315 e. The number of fused-ring (bicyclic) bond motifs is 1. The van der Waals surface area contributed by atoms with Crippen LogP contribution in [0.4, 0.5) is 4.79 Å². The zero-order valence-electron chi connectivity index (χ0n) is 16.0. The van der Waals surface area contributed by atoms with E-state index in [1.54, 1.807) is 11.1 Å². The lowest BCUT2D eigenvalue weighted by Gasteiger charge is -2.33. The third kappa shape index (κ3) is 2.83. The number of carbonyl (C=O) groups excluding carboxylic acids is 3. The van der Waals surface area contributed by atoms with Gasteiger partial charge in [-0.05, 0) is 18.4 Å². The number of nitrogens with zero attached hydrogens (tertiary/aromatic N) is 3. The highest BCUT2D eigenvalue weighted by Gasteiger charge is 2.54. The summed E-state index contributed by atoms with van der Waals surface area (Å²) in [5.41, 5.74) is 0.994. The number of rotatable bonds is 4. The minimum atomic E-state index is -0.487. The van der Waals surface area contributed by atoms with Crippen LogP contribution in [-0.2, 0) is 9.59 Å². The molecule has 2 heterocycles. The summed E-state index contributed by atoms with van der Waals surface area (Å²) >= 11 is 0. The molecule has 4 rings (SSSR count). The molecule has 4 amide bonds. The van der Waals surface area contributed by atoms with E-state index >= 15 is 0 Å². The third-order valence-corrected chi connectivity index (χ3v) is 6.05. The molecule has 142 valence electrons. The zero-order chi connectivity index (χ0) is 19.3. The predicted molar refractivity (Wildman–Crippen MR) is 100 cm³/mol. The fraction of sp³-hybridized carbons (Fsp3) is 0.476. The van der Waals surface area contributed by atoms with Gasteiger partial charge < -0.3 is 4.90 Å². The van der Waals surface area contributed by atoms with Crippen molar-refractivity contribution >= 4 is 17.8 Å². The first-order valence-corrected chi connectivity index (χ1v) is 9.58. The summed E-state index contributed by atoms with van der Waals surface area (Å²) in [5, 5.41) is 0. The molecule has 1 aliphatic carbocycles. The number of benzene rings is 1. The quantitative estimate of drug-likeness (QED) is 0.769. The molecule has 0 N–H and O–H groups in total. The number of carbonyl (C=O) groups is 3. The van der Waals surface area contributed by atoms with Crippen LogP contribution in [0.15, 0.2) is 42.2 Å². The second-order valence-corrected chi connectivity index (χ2v) is 8.18. The first-order chi connectivity index (χ1) is 12.8. The molecule has 2 fully saturated rings. The van der Waals surface area contributed by atoms with E-state index < -0.39 is 5.41 Å². The van der Waals surface area contributed by atoms with Gasteiger partial charge in [-0.2, -0.15) is 0 Å². The monoisotopic (exact) mass is 367 g/mol. The summed E-state index contributed by atoms with van der Waals surface area (Å²) in [5.74, 6) is -0.0857. The van der Waals surface area contributed by atoms with Crippen LogP contribution < -0.4 is 0 Å². The van der Waals surface area contributed by atoms with E-state index in [1.165, 1.54) is 9.80 Å². The zero-order valence-corrected chi connectivity index (χ0v) is 16.0. The molecule has 1 aromatic carbocycles. The molecule has 0 spiro atoms. The molecule has 1 saturated carbocycles. The summed E-state index contributed by atoms with van der Waals surface area (Å²) in [4.78, 5) is 43.0. The van der Waals surface area contributed by atoms with Crippen molar-refractivity contribution in [3.63, 3.8) is 0 Å². The highest BCUT2D eigenvalue weighted by Crippen LogP contribution is 2.47. The van der Waals surface area contributed by atoms with Gasteiger partial charge in [0.15, 0.2) is 0 Å². The van der Waals surface area contributed by atoms with Crippen LogP contribution in [0.2, 0.25) is 0 Å². The Bertz CT molecular complexity index is 830. The highest BCUT2D eigenvalue weighted by molar-refractivity contribution is 6.12. The lowest BCUT2D eigenvalue weighted by Crippen LogP contribution is -2.45. The molecule has 0 radical (unpaired) electrons. The van der Waals surface area contributed by atoms with Gasteiger partial charge in [0.05, 0.1) is 0 Å². The van der Waals surface area contributed by atoms with E-state index in [0.717, 1.165) is 18.4 Å². The van der Waals surface area contributed by atoms with E-state index in [4.69, 9.17) is 0 Å². The van der Waals surface area contributed by atoms with E-state index in [1.807, 2.05) is 51.1 Å². The average molecular weight is 367 g/mol. The number of urea groups is 1. The van der Waals surface area contributed by atoms with Gasteiger partial charge in [-0.15, -0.1) is 0 Å². The summed E-state index contributed by atoms with van der Waals surface area (Å²) in [6, 6.07) is 9.64.